The van der Waals surface area contributed by atoms with E-state index in [2.05, 4.69) is 4.98 Å². The van der Waals surface area contributed by atoms with Crippen LogP contribution in [0.15, 0.2) is 41.4 Å². The standard InChI is InChI=1S/C19H18F2N2O2S/c1-3-25-19(24)12(2)26-18-16(11-22)15(17(20)21)10-14(23-18)9-13-7-5-4-6-8-13/h4-8,10,12,17H,3,9H2,1-2H3. The summed E-state index contributed by atoms with van der Waals surface area (Å²) >= 11 is 0.958. The third-order valence-electron chi connectivity index (χ3n) is 3.55. The van der Waals surface area contributed by atoms with Gasteiger partial charge in [-0.15, -0.1) is 0 Å². The minimum Gasteiger partial charge on any atom is -0.465 e. The van der Waals surface area contributed by atoms with Crippen LogP contribution in [0.3, 0.4) is 0 Å². The van der Waals surface area contributed by atoms with E-state index in [0.717, 1.165) is 17.3 Å². The molecule has 4 nitrogen and oxygen atoms in total. The molecule has 0 saturated heterocycles. The molecular formula is C19H18F2N2O2S. The van der Waals surface area contributed by atoms with Gasteiger partial charge in [0.25, 0.3) is 6.43 Å². The Bertz CT molecular complexity index is 807. The van der Waals surface area contributed by atoms with E-state index in [0.29, 0.717) is 12.1 Å². The molecule has 0 aliphatic carbocycles. The lowest BCUT2D eigenvalue weighted by atomic mass is 10.1. The van der Waals surface area contributed by atoms with Crippen LogP contribution in [-0.4, -0.2) is 22.8 Å². The molecule has 0 aliphatic rings. The first-order chi connectivity index (χ1) is 12.5. The quantitative estimate of drug-likeness (QED) is 0.525. The van der Waals surface area contributed by atoms with E-state index < -0.39 is 17.6 Å². The average molecular weight is 376 g/mol. The largest absolute Gasteiger partial charge is 0.465 e. The number of rotatable bonds is 7. The molecule has 1 unspecified atom stereocenters. The maximum Gasteiger partial charge on any atom is 0.319 e. The van der Waals surface area contributed by atoms with Crippen LogP contribution in [0.1, 0.15) is 42.7 Å². The van der Waals surface area contributed by atoms with Crippen molar-refractivity contribution < 1.29 is 18.3 Å². The SMILES string of the molecule is CCOC(=O)C(C)Sc1nc(Cc2ccccc2)cc(C(F)F)c1C#N. The van der Waals surface area contributed by atoms with Gasteiger partial charge in [-0.25, -0.2) is 13.8 Å². The second-order valence-electron chi connectivity index (χ2n) is 5.47. The topological polar surface area (TPSA) is 63.0 Å². The minimum absolute atomic E-state index is 0.122. The molecule has 0 spiro atoms. The van der Waals surface area contributed by atoms with E-state index in [1.54, 1.807) is 19.9 Å². The zero-order valence-corrected chi connectivity index (χ0v) is 15.2. The molecule has 1 aromatic carbocycles. The van der Waals surface area contributed by atoms with Gasteiger partial charge in [-0.2, -0.15) is 5.26 Å². The molecule has 26 heavy (non-hydrogen) atoms. The van der Waals surface area contributed by atoms with Crippen molar-refractivity contribution in [3.63, 3.8) is 0 Å². The van der Waals surface area contributed by atoms with Crippen molar-refractivity contribution in [1.82, 2.24) is 4.98 Å². The number of halogens is 2. The molecule has 1 atom stereocenters. The maximum absolute atomic E-state index is 13.5. The summed E-state index contributed by atoms with van der Waals surface area (Å²) in [5.74, 6) is -0.477. The number of hydrogen-bond donors (Lipinski definition) is 0. The molecule has 1 aromatic heterocycles. The number of aromatic nitrogens is 1. The highest BCUT2D eigenvalue weighted by Gasteiger charge is 2.24. The zero-order chi connectivity index (χ0) is 19.1. The molecule has 0 saturated carbocycles. The van der Waals surface area contributed by atoms with E-state index in [9.17, 15) is 18.8 Å². The van der Waals surface area contributed by atoms with Crippen LogP contribution in [0.25, 0.3) is 0 Å². The molecule has 1 heterocycles. The summed E-state index contributed by atoms with van der Waals surface area (Å²) < 4.78 is 31.8. The van der Waals surface area contributed by atoms with Crippen LogP contribution in [0, 0.1) is 11.3 Å². The predicted octanol–water partition coefficient (Wildman–Crippen LogP) is 4.53. The van der Waals surface area contributed by atoms with Crippen LogP contribution in [0.5, 0.6) is 0 Å². The molecule has 0 amide bonds. The van der Waals surface area contributed by atoms with Gasteiger partial charge in [0.1, 0.15) is 16.3 Å². The van der Waals surface area contributed by atoms with Crippen LogP contribution in [-0.2, 0) is 16.0 Å². The van der Waals surface area contributed by atoms with Crippen molar-refractivity contribution in [2.45, 2.75) is 37.0 Å². The van der Waals surface area contributed by atoms with Gasteiger partial charge in [-0.3, -0.25) is 4.79 Å². The zero-order valence-electron chi connectivity index (χ0n) is 14.4. The Morgan fingerprint density at radius 1 is 1.35 bits per heavy atom. The number of ether oxygens (including phenoxy) is 1. The molecular weight excluding hydrogens is 358 g/mol. The first-order valence-electron chi connectivity index (χ1n) is 8.05. The fourth-order valence-electron chi connectivity index (χ4n) is 2.33. The number of nitriles is 1. The van der Waals surface area contributed by atoms with Crippen LogP contribution >= 0.6 is 11.8 Å². The second kappa shape index (κ2) is 9.30. The molecule has 2 aromatic rings. The number of carbonyl (C=O) groups excluding carboxylic acids is 1. The third-order valence-corrected chi connectivity index (χ3v) is 4.62. The van der Waals surface area contributed by atoms with Gasteiger partial charge in [0.2, 0.25) is 0 Å². The predicted molar refractivity (Wildman–Crippen MR) is 95.1 cm³/mol. The number of hydrogen-bond acceptors (Lipinski definition) is 5. The number of pyridine rings is 1. The number of benzene rings is 1. The molecule has 0 radical (unpaired) electrons. The lowest BCUT2D eigenvalue weighted by Gasteiger charge is -2.14. The second-order valence-corrected chi connectivity index (χ2v) is 6.80. The van der Waals surface area contributed by atoms with Crippen LogP contribution < -0.4 is 0 Å². The summed E-state index contributed by atoms with van der Waals surface area (Å²) in [6.45, 7) is 3.50. The number of nitrogens with zero attached hydrogens (tertiary/aromatic N) is 2. The minimum atomic E-state index is -2.81. The Balaban J connectivity index is 2.41. The van der Waals surface area contributed by atoms with Crippen LogP contribution in [0.4, 0.5) is 8.78 Å². The number of thioether (sulfide) groups is 1. The first-order valence-corrected chi connectivity index (χ1v) is 8.93. The Labute approximate surface area is 155 Å². The van der Waals surface area contributed by atoms with Crippen molar-refractivity contribution in [3.05, 3.63) is 58.8 Å². The monoisotopic (exact) mass is 376 g/mol. The van der Waals surface area contributed by atoms with Gasteiger partial charge >= 0.3 is 5.97 Å². The molecule has 136 valence electrons. The van der Waals surface area contributed by atoms with Crippen molar-refractivity contribution in [3.8, 4) is 6.07 Å². The lowest BCUT2D eigenvalue weighted by Crippen LogP contribution is -2.17. The fourth-order valence-corrected chi connectivity index (χ4v) is 3.28. The van der Waals surface area contributed by atoms with E-state index in [4.69, 9.17) is 4.74 Å². The van der Waals surface area contributed by atoms with E-state index in [-0.39, 0.29) is 22.8 Å². The molecule has 0 fully saturated rings. The van der Waals surface area contributed by atoms with E-state index >= 15 is 0 Å². The first kappa shape index (κ1) is 19.9. The van der Waals surface area contributed by atoms with E-state index in [1.807, 2.05) is 30.3 Å². The molecule has 2 rings (SSSR count). The van der Waals surface area contributed by atoms with Crippen LogP contribution in [0.2, 0.25) is 0 Å². The smallest absolute Gasteiger partial charge is 0.319 e. The lowest BCUT2D eigenvalue weighted by molar-refractivity contribution is -0.142. The van der Waals surface area contributed by atoms with E-state index in [1.165, 1.54) is 6.07 Å². The van der Waals surface area contributed by atoms with Crippen molar-refractivity contribution in [2.24, 2.45) is 0 Å². The van der Waals surface area contributed by atoms with Gasteiger partial charge in [0.05, 0.1) is 12.2 Å². The summed E-state index contributed by atoms with van der Waals surface area (Å²) in [5.41, 5.74) is 0.772. The van der Waals surface area contributed by atoms with Gasteiger partial charge in [-0.05, 0) is 25.5 Å². The van der Waals surface area contributed by atoms with Gasteiger partial charge in [0.15, 0.2) is 0 Å². The summed E-state index contributed by atoms with van der Waals surface area (Å²) in [6.07, 6.45) is -2.45. The average Bonchev–Trinajstić information content (AvgIpc) is 2.62. The Morgan fingerprint density at radius 3 is 2.62 bits per heavy atom. The van der Waals surface area contributed by atoms with Gasteiger partial charge in [-0.1, -0.05) is 42.1 Å². The molecule has 7 heteroatoms. The van der Waals surface area contributed by atoms with Crippen molar-refractivity contribution >= 4 is 17.7 Å². The number of esters is 1. The highest BCUT2D eigenvalue weighted by molar-refractivity contribution is 8.00. The Hall–Kier alpha value is -2.46. The highest BCUT2D eigenvalue weighted by Crippen LogP contribution is 2.33. The molecule has 0 aliphatic heterocycles. The maximum atomic E-state index is 13.5. The molecule has 0 N–H and O–H groups in total. The van der Waals surface area contributed by atoms with Gasteiger partial charge in [0, 0.05) is 17.7 Å². The van der Waals surface area contributed by atoms with Crippen molar-refractivity contribution in [1.29, 1.82) is 5.26 Å². The number of alkyl halides is 2. The summed E-state index contributed by atoms with van der Waals surface area (Å²) in [6, 6.07) is 12.4. The Kier molecular flexibility index (Phi) is 7.10. The summed E-state index contributed by atoms with van der Waals surface area (Å²) in [7, 11) is 0. The van der Waals surface area contributed by atoms with Gasteiger partial charge < -0.3 is 4.74 Å². The number of carbonyl (C=O) groups is 1. The normalized spacial score (nSPS) is 11.8. The summed E-state index contributed by atoms with van der Waals surface area (Å²) in [5, 5.41) is 8.79. The highest BCUT2D eigenvalue weighted by atomic mass is 32.2. The molecule has 0 bridgehead atoms. The van der Waals surface area contributed by atoms with Crippen molar-refractivity contribution in [2.75, 3.05) is 6.61 Å². The Morgan fingerprint density at radius 2 is 2.04 bits per heavy atom. The fraction of sp³-hybridized carbons (Fsp3) is 0.316. The summed E-state index contributed by atoms with van der Waals surface area (Å²) in [4.78, 5) is 16.2. The third kappa shape index (κ3) is 5.02.